The van der Waals surface area contributed by atoms with Crippen LogP contribution in [0.2, 0.25) is 0 Å². The number of fused-ring (bicyclic) bond motifs is 1. The number of aryl methyl sites for hydroxylation is 1. The van der Waals surface area contributed by atoms with E-state index in [0.29, 0.717) is 5.56 Å². The summed E-state index contributed by atoms with van der Waals surface area (Å²) in [5.41, 5.74) is 3.46. The zero-order valence-electron chi connectivity index (χ0n) is 12.4. The SMILES string of the molecule is CCCCc1ccc(NC(=O)c2ccc3snnc3c2)cc1. The van der Waals surface area contributed by atoms with Crippen LogP contribution in [0.1, 0.15) is 35.7 Å². The summed E-state index contributed by atoms with van der Waals surface area (Å²) in [5.74, 6) is -0.129. The normalized spacial score (nSPS) is 10.8. The molecule has 112 valence electrons. The molecule has 1 heterocycles. The van der Waals surface area contributed by atoms with E-state index >= 15 is 0 Å². The summed E-state index contributed by atoms with van der Waals surface area (Å²) < 4.78 is 4.86. The largest absolute Gasteiger partial charge is 0.322 e. The number of carbonyl (C=O) groups excluding carboxylic acids is 1. The number of aromatic nitrogens is 2. The van der Waals surface area contributed by atoms with Gasteiger partial charge in [-0.3, -0.25) is 4.79 Å². The molecule has 0 aliphatic carbocycles. The summed E-state index contributed by atoms with van der Waals surface area (Å²) >= 11 is 1.33. The zero-order chi connectivity index (χ0) is 15.4. The Kier molecular flexibility index (Phi) is 4.44. The van der Waals surface area contributed by atoms with Crippen molar-refractivity contribution in [3.8, 4) is 0 Å². The Morgan fingerprint density at radius 3 is 2.77 bits per heavy atom. The molecule has 0 unspecified atom stereocenters. The summed E-state index contributed by atoms with van der Waals surface area (Å²) in [6.45, 7) is 2.18. The molecular weight excluding hydrogens is 294 g/mol. The summed E-state index contributed by atoms with van der Waals surface area (Å²) in [4.78, 5) is 12.3. The van der Waals surface area contributed by atoms with Crippen molar-refractivity contribution in [1.82, 2.24) is 9.59 Å². The molecule has 3 rings (SSSR count). The van der Waals surface area contributed by atoms with Gasteiger partial charge in [-0.1, -0.05) is 30.0 Å². The molecule has 1 amide bonds. The summed E-state index contributed by atoms with van der Waals surface area (Å²) in [6.07, 6.45) is 3.46. The lowest BCUT2D eigenvalue weighted by Crippen LogP contribution is -2.11. The van der Waals surface area contributed by atoms with Gasteiger partial charge in [0.15, 0.2) is 0 Å². The van der Waals surface area contributed by atoms with E-state index in [1.165, 1.54) is 29.9 Å². The highest BCUT2D eigenvalue weighted by molar-refractivity contribution is 7.12. The molecule has 0 fully saturated rings. The van der Waals surface area contributed by atoms with Gasteiger partial charge in [0.25, 0.3) is 5.91 Å². The Balaban J connectivity index is 1.70. The van der Waals surface area contributed by atoms with Crippen LogP contribution in [0.15, 0.2) is 42.5 Å². The first-order chi connectivity index (χ1) is 10.8. The van der Waals surface area contributed by atoms with Crippen LogP contribution in [0.3, 0.4) is 0 Å². The van der Waals surface area contributed by atoms with Crippen LogP contribution >= 0.6 is 11.5 Å². The van der Waals surface area contributed by atoms with Crippen LogP contribution in [0.25, 0.3) is 10.2 Å². The minimum atomic E-state index is -0.129. The predicted octanol–water partition coefficient (Wildman–Crippen LogP) is 4.29. The molecule has 22 heavy (non-hydrogen) atoms. The highest BCUT2D eigenvalue weighted by atomic mass is 32.1. The molecule has 0 bridgehead atoms. The second-order valence-corrected chi connectivity index (χ2v) is 6.00. The molecule has 0 saturated heterocycles. The Morgan fingerprint density at radius 2 is 2.00 bits per heavy atom. The van der Waals surface area contributed by atoms with E-state index in [1.54, 1.807) is 12.1 Å². The average Bonchev–Trinajstić information content (AvgIpc) is 3.01. The molecule has 1 N–H and O–H groups in total. The number of hydrogen-bond acceptors (Lipinski definition) is 4. The highest BCUT2D eigenvalue weighted by Crippen LogP contribution is 2.18. The van der Waals surface area contributed by atoms with E-state index in [-0.39, 0.29) is 5.91 Å². The van der Waals surface area contributed by atoms with E-state index in [9.17, 15) is 4.79 Å². The zero-order valence-corrected chi connectivity index (χ0v) is 13.2. The van der Waals surface area contributed by atoms with E-state index in [1.807, 2.05) is 18.2 Å². The standard InChI is InChI=1S/C17H17N3OS/c1-2-3-4-12-5-8-14(9-6-12)18-17(21)13-7-10-16-15(11-13)19-20-22-16/h5-11H,2-4H2,1H3,(H,18,21). The monoisotopic (exact) mass is 311 g/mol. The molecule has 2 aromatic carbocycles. The third-order valence-electron chi connectivity index (χ3n) is 3.54. The maximum absolute atomic E-state index is 12.3. The minimum absolute atomic E-state index is 0.129. The molecule has 0 saturated carbocycles. The number of nitrogens with zero attached hydrogens (tertiary/aromatic N) is 2. The van der Waals surface area contributed by atoms with Gasteiger partial charge >= 0.3 is 0 Å². The number of anilines is 1. The maximum Gasteiger partial charge on any atom is 0.255 e. The van der Waals surface area contributed by atoms with Gasteiger partial charge in [-0.25, -0.2) is 0 Å². The number of rotatable bonds is 5. The van der Waals surface area contributed by atoms with Crippen LogP contribution in [0.5, 0.6) is 0 Å². The summed E-state index contributed by atoms with van der Waals surface area (Å²) in [7, 11) is 0. The molecule has 1 aromatic heterocycles. The molecular formula is C17H17N3OS. The lowest BCUT2D eigenvalue weighted by Gasteiger charge is -2.06. The smallest absolute Gasteiger partial charge is 0.255 e. The Morgan fingerprint density at radius 1 is 1.18 bits per heavy atom. The van der Waals surface area contributed by atoms with Crippen LogP contribution in [-0.2, 0) is 6.42 Å². The van der Waals surface area contributed by atoms with Gasteiger partial charge in [0.1, 0.15) is 5.52 Å². The summed E-state index contributed by atoms with van der Waals surface area (Å²) in [6, 6.07) is 13.5. The Hall–Kier alpha value is -2.27. The second-order valence-electron chi connectivity index (χ2n) is 5.21. The summed E-state index contributed by atoms with van der Waals surface area (Å²) in [5, 5.41) is 6.91. The molecule has 3 aromatic rings. The van der Waals surface area contributed by atoms with Gasteiger partial charge in [-0.2, -0.15) is 0 Å². The van der Waals surface area contributed by atoms with Gasteiger partial charge in [0, 0.05) is 11.3 Å². The molecule has 4 nitrogen and oxygen atoms in total. The van der Waals surface area contributed by atoms with E-state index in [0.717, 1.165) is 22.3 Å². The van der Waals surface area contributed by atoms with Crippen molar-refractivity contribution >= 4 is 33.3 Å². The number of benzene rings is 2. The van der Waals surface area contributed by atoms with Crippen LogP contribution in [0.4, 0.5) is 5.69 Å². The van der Waals surface area contributed by atoms with E-state index < -0.39 is 0 Å². The lowest BCUT2D eigenvalue weighted by atomic mass is 10.1. The molecule has 0 aliphatic rings. The van der Waals surface area contributed by atoms with Crippen LogP contribution in [-0.4, -0.2) is 15.5 Å². The van der Waals surface area contributed by atoms with Crippen LogP contribution < -0.4 is 5.32 Å². The van der Waals surface area contributed by atoms with E-state index in [2.05, 4.69) is 34.0 Å². The minimum Gasteiger partial charge on any atom is -0.322 e. The maximum atomic E-state index is 12.3. The number of amides is 1. The predicted molar refractivity (Wildman–Crippen MR) is 90.4 cm³/mol. The number of nitrogens with one attached hydrogen (secondary N) is 1. The Labute approximate surface area is 133 Å². The topological polar surface area (TPSA) is 54.9 Å². The first kappa shape index (κ1) is 14.7. The first-order valence-electron chi connectivity index (χ1n) is 7.38. The number of unbranched alkanes of at least 4 members (excludes halogenated alkanes) is 1. The van der Waals surface area contributed by atoms with Gasteiger partial charge in [0.2, 0.25) is 0 Å². The van der Waals surface area contributed by atoms with Gasteiger partial charge in [-0.15, -0.1) is 5.10 Å². The first-order valence-corrected chi connectivity index (χ1v) is 8.16. The highest BCUT2D eigenvalue weighted by Gasteiger charge is 2.08. The fraction of sp³-hybridized carbons (Fsp3) is 0.235. The molecule has 0 spiro atoms. The van der Waals surface area contributed by atoms with Crippen LogP contribution in [0, 0.1) is 0 Å². The van der Waals surface area contributed by atoms with Crippen molar-refractivity contribution < 1.29 is 4.79 Å². The van der Waals surface area contributed by atoms with Crippen molar-refractivity contribution in [3.05, 3.63) is 53.6 Å². The fourth-order valence-corrected chi connectivity index (χ4v) is 2.80. The van der Waals surface area contributed by atoms with Gasteiger partial charge < -0.3 is 5.32 Å². The van der Waals surface area contributed by atoms with Crippen molar-refractivity contribution in [2.24, 2.45) is 0 Å². The third-order valence-corrected chi connectivity index (χ3v) is 4.24. The van der Waals surface area contributed by atoms with Crippen molar-refractivity contribution in [2.45, 2.75) is 26.2 Å². The number of carbonyl (C=O) groups is 1. The van der Waals surface area contributed by atoms with Crippen molar-refractivity contribution in [1.29, 1.82) is 0 Å². The second kappa shape index (κ2) is 6.66. The van der Waals surface area contributed by atoms with Gasteiger partial charge in [-0.05, 0) is 60.3 Å². The average molecular weight is 311 g/mol. The third kappa shape index (κ3) is 3.31. The number of hydrogen-bond donors (Lipinski definition) is 1. The Bertz CT molecular complexity index is 780. The fourth-order valence-electron chi connectivity index (χ4n) is 2.26. The molecule has 5 heteroatoms. The van der Waals surface area contributed by atoms with Crippen molar-refractivity contribution in [2.75, 3.05) is 5.32 Å². The molecule has 0 atom stereocenters. The quantitative estimate of drug-likeness (QED) is 0.765. The molecule has 0 radical (unpaired) electrons. The molecule has 0 aliphatic heterocycles. The van der Waals surface area contributed by atoms with Gasteiger partial charge in [0.05, 0.1) is 4.70 Å². The lowest BCUT2D eigenvalue weighted by molar-refractivity contribution is 0.102. The van der Waals surface area contributed by atoms with E-state index in [4.69, 9.17) is 0 Å². The van der Waals surface area contributed by atoms with Crippen molar-refractivity contribution in [3.63, 3.8) is 0 Å².